The van der Waals surface area contributed by atoms with Crippen molar-refractivity contribution in [3.05, 3.63) is 69.1 Å². The number of methoxy groups -OCH3 is 1. The molecule has 2 aromatic carbocycles. The Balaban J connectivity index is 1.57. The van der Waals surface area contributed by atoms with Gasteiger partial charge in [-0.15, -0.1) is 11.3 Å². The molecular formula is C21H19N3O3S. The number of nitrogens with zero attached hydrogens (tertiary/aromatic N) is 2. The van der Waals surface area contributed by atoms with Gasteiger partial charge in [-0.05, 0) is 47.0 Å². The lowest BCUT2D eigenvalue weighted by Gasteiger charge is -2.07. The van der Waals surface area contributed by atoms with Crippen molar-refractivity contribution >= 4 is 38.2 Å². The molecule has 0 spiro atoms. The molecule has 2 aromatic heterocycles. The van der Waals surface area contributed by atoms with Crippen molar-refractivity contribution in [3.8, 4) is 5.75 Å². The summed E-state index contributed by atoms with van der Waals surface area (Å²) in [5.74, 6) is 0.617. The molecule has 2 heterocycles. The molecule has 4 aromatic rings. The van der Waals surface area contributed by atoms with E-state index in [9.17, 15) is 9.59 Å². The van der Waals surface area contributed by atoms with Gasteiger partial charge in [0.25, 0.3) is 11.5 Å². The van der Waals surface area contributed by atoms with Crippen LogP contribution in [0.2, 0.25) is 0 Å². The molecule has 0 unspecified atom stereocenters. The maximum Gasteiger partial charge on any atom is 0.262 e. The largest absolute Gasteiger partial charge is 0.497 e. The lowest BCUT2D eigenvalue weighted by atomic mass is 10.1. The van der Waals surface area contributed by atoms with E-state index < -0.39 is 0 Å². The molecule has 142 valence electrons. The van der Waals surface area contributed by atoms with E-state index in [0.717, 1.165) is 22.1 Å². The lowest BCUT2D eigenvalue weighted by Crippen LogP contribution is -2.22. The van der Waals surface area contributed by atoms with Crippen molar-refractivity contribution in [2.24, 2.45) is 7.05 Å². The van der Waals surface area contributed by atoms with Crippen LogP contribution in [0.4, 0.5) is 0 Å². The zero-order valence-corrected chi connectivity index (χ0v) is 16.6. The Hall–Kier alpha value is -3.19. The van der Waals surface area contributed by atoms with E-state index in [1.165, 1.54) is 22.2 Å². The molecule has 0 saturated heterocycles. The van der Waals surface area contributed by atoms with Gasteiger partial charge < -0.3 is 14.6 Å². The number of nitrogens with one attached hydrogen (secondary N) is 1. The van der Waals surface area contributed by atoms with Crippen molar-refractivity contribution in [3.63, 3.8) is 0 Å². The highest BCUT2D eigenvalue weighted by molar-refractivity contribution is 7.20. The average Bonchev–Trinajstić information content (AvgIpc) is 3.05. The van der Waals surface area contributed by atoms with Gasteiger partial charge in [-0.1, -0.05) is 18.2 Å². The van der Waals surface area contributed by atoms with Gasteiger partial charge in [0.15, 0.2) is 0 Å². The number of ether oxygens (including phenoxy) is 1. The second-order valence-corrected chi connectivity index (χ2v) is 7.63. The number of carbonyl (C=O) groups is 1. The summed E-state index contributed by atoms with van der Waals surface area (Å²) in [5.41, 5.74) is 1.54. The van der Waals surface area contributed by atoms with Crippen molar-refractivity contribution in [2.75, 3.05) is 7.11 Å². The van der Waals surface area contributed by atoms with Gasteiger partial charge in [0, 0.05) is 13.6 Å². The second kappa shape index (κ2) is 7.09. The average molecular weight is 393 g/mol. The quantitative estimate of drug-likeness (QED) is 0.577. The minimum Gasteiger partial charge on any atom is -0.497 e. The molecule has 7 heteroatoms. The van der Waals surface area contributed by atoms with Crippen LogP contribution in [0.5, 0.6) is 5.75 Å². The number of amides is 1. The summed E-state index contributed by atoms with van der Waals surface area (Å²) < 4.78 is 6.67. The van der Waals surface area contributed by atoms with Gasteiger partial charge in [0.1, 0.15) is 10.6 Å². The van der Waals surface area contributed by atoms with E-state index >= 15 is 0 Å². The van der Waals surface area contributed by atoms with Crippen LogP contribution in [0.15, 0.2) is 47.5 Å². The Morgan fingerprint density at radius 2 is 1.96 bits per heavy atom. The van der Waals surface area contributed by atoms with E-state index in [1.807, 2.05) is 36.4 Å². The van der Waals surface area contributed by atoms with Crippen LogP contribution in [-0.4, -0.2) is 22.6 Å². The molecular weight excluding hydrogens is 374 g/mol. The summed E-state index contributed by atoms with van der Waals surface area (Å²) in [6, 6.07) is 11.9. The molecule has 1 amide bonds. The topological polar surface area (TPSA) is 73.2 Å². The molecule has 28 heavy (non-hydrogen) atoms. The molecule has 0 fully saturated rings. The molecule has 0 radical (unpaired) electrons. The number of rotatable bonds is 4. The first-order valence-corrected chi connectivity index (χ1v) is 9.59. The highest BCUT2D eigenvalue weighted by Crippen LogP contribution is 2.27. The molecule has 0 aliphatic rings. The van der Waals surface area contributed by atoms with E-state index in [0.29, 0.717) is 27.2 Å². The molecule has 0 saturated carbocycles. The number of aryl methyl sites for hydroxylation is 2. The number of hydrogen-bond acceptors (Lipinski definition) is 5. The van der Waals surface area contributed by atoms with Crippen LogP contribution in [0, 0.1) is 6.92 Å². The third kappa shape index (κ3) is 3.14. The Bertz CT molecular complexity index is 1270. The first-order valence-electron chi connectivity index (χ1n) is 8.77. The molecule has 0 bridgehead atoms. The fraction of sp³-hybridized carbons (Fsp3) is 0.190. The van der Waals surface area contributed by atoms with Crippen LogP contribution in [-0.2, 0) is 13.6 Å². The summed E-state index contributed by atoms with van der Waals surface area (Å²) in [7, 11) is 3.30. The fourth-order valence-electron chi connectivity index (χ4n) is 3.20. The van der Waals surface area contributed by atoms with Crippen LogP contribution in [0.25, 0.3) is 21.0 Å². The van der Waals surface area contributed by atoms with Crippen LogP contribution in [0.1, 0.15) is 20.8 Å². The zero-order valence-electron chi connectivity index (χ0n) is 15.8. The van der Waals surface area contributed by atoms with Crippen molar-refractivity contribution in [1.82, 2.24) is 14.9 Å². The van der Waals surface area contributed by atoms with E-state index in [-0.39, 0.29) is 11.5 Å². The number of carbonyl (C=O) groups excluding carboxylic acids is 1. The number of hydrogen-bond donors (Lipinski definition) is 1. The molecule has 0 aliphatic heterocycles. The van der Waals surface area contributed by atoms with Gasteiger partial charge in [0.05, 0.1) is 23.7 Å². The van der Waals surface area contributed by atoms with Crippen LogP contribution in [0.3, 0.4) is 0 Å². The molecule has 4 rings (SSSR count). The third-order valence-electron chi connectivity index (χ3n) is 4.78. The predicted molar refractivity (Wildman–Crippen MR) is 111 cm³/mol. The maximum atomic E-state index is 12.7. The normalized spacial score (nSPS) is 11.1. The van der Waals surface area contributed by atoms with Crippen molar-refractivity contribution in [2.45, 2.75) is 13.5 Å². The smallest absolute Gasteiger partial charge is 0.262 e. The standard InChI is InChI=1S/C21H19N3O3S/c1-12-17-20(23-11-24(2)21(17)26)28-18(12)19(25)22-10-13-4-5-15-9-16(27-3)7-6-14(15)8-13/h4-9,11H,10H2,1-3H3,(H,22,25). The van der Waals surface area contributed by atoms with Crippen LogP contribution < -0.4 is 15.6 Å². The molecule has 0 atom stereocenters. The second-order valence-electron chi connectivity index (χ2n) is 6.63. The summed E-state index contributed by atoms with van der Waals surface area (Å²) >= 11 is 1.25. The molecule has 6 nitrogen and oxygen atoms in total. The number of aromatic nitrogens is 2. The van der Waals surface area contributed by atoms with Gasteiger partial charge in [-0.25, -0.2) is 4.98 Å². The summed E-state index contributed by atoms with van der Waals surface area (Å²) in [4.78, 5) is 30.4. The van der Waals surface area contributed by atoms with Gasteiger partial charge in [-0.3, -0.25) is 9.59 Å². The number of fused-ring (bicyclic) bond motifs is 2. The van der Waals surface area contributed by atoms with E-state index in [4.69, 9.17) is 4.74 Å². The lowest BCUT2D eigenvalue weighted by molar-refractivity contribution is 0.0954. The van der Waals surface area contributed by atoms with Crippen molar-refractivity contribution < 1.29 is 9.53 Å². The third-order valence-corrected chi connectivity index (χ3v) is 5.98. The van der Waals surface area contributed by atoms with E-state index in [1.54, 1.807) is 21.1 Å². The minimum absolute atomic E-state index is 0.136. The van der Waals surface area contributed by atoms with Gasteiger partial charge in [-0.2, -0.15) is 0 Å². The Labute approximate surface area is 165 Å². The van der Waals surface area contributed by atoms with E-state index in [2.05, 4.69) is 10.3 Å². The van der Waals surface area contributed by atoms with Crippen molar-refractivity contribution in [1.29, 1.82) is 0 Å². The Kier molecular flexibility index (Phi) is 4.60. The summed E-state index contributed by atoms with van der Waals surface area (Å²) in [6.07, 6.45) is 1.48. The summed E-state index contributed by atoms with van der Waals surface area (Å²) in [6.45, 7) is 2.19. The Morgan fingerprint density at radius 3 is 2.75 bits per heavy atom. The van der Waals surface area contributed by atoms with Gasteiger partial charge >= 0.3 is 0 Å². The Morgan fingerprint density at radius 1 is 1.21 bits per heavy atom. The molecule has 0 aliphatic carbocycles. The highest BCUT2D eigenvalue weighted by atomic mass is 32.1. The van der Waals surface area contributed by atoms with Gasteiger partial charge in [0.2, 0.25) is 0 Å². The fourth-order valence-corrected chi connectivity index (χ4v) is 4.25. The first-order chi connectivity index (χ1) is 13.5. The maximum absolute atomic E-state index is 12.7. The SMILES string of the molecule is COc1ccc2cc(CNC(=O)c3sc4ncn(C)c(=O)c4c3C)ccc2c1. The van der Waals surface area contributed by atoms with Crippen LogP contribution >= 0.6 is 11.3 Å². The number of benzene rings is 2. The highest BCUT2D eigenvalue weighted by Gasteiger charge is 2.18. The zero-order chi connectivity index (χ0) is 19.8. The monoisotopic (exact) mass is 393 g/mol. The minimum atomic E-state index is -0.197. The molecule has 1 N–H and O–H groups in total. The first kappa shape index (κ1) is 18.2. The number of thiophene rings is 1. The predicted octanol–water partition coefficient (Wildman–Crippen LogP) is 3.40. The summed E-state index contributed by atoms with van der Waals surface area (Å²) in [5, 5.41) is 5.62.